The number of halogens is 7. The summed E-state index contributed by atoms with van der Waals surface area (Å²) in [7, 11) is 0. The van der Waals surface area contributed by atoms with Gasteiger partial charge in [0.25, 0.3) is 0 Å². The predicted octanol–water partition coefficient (Wildman–Crippen LogP) is 4.86. The number of alkyl halides is 6. The smallest absolute Gasteiger partial charge is 0.403 e. The second-order valence-corrected chi connectivity index (χ2v) is 4.72. The number of fused-ring (bicyclic) bond motifs is 1. The maximum Gasteiger partial charge on any atom is 0.403 e. The Labute approximate surface area is 118 Å². The first-order valence-electron chi connectivity index (χ1n) is 5.51. The molecule has 0 bridgehead atoms. The number of benzene rings is 1. The SMILES string of the molecule is OC(c1cc2cccc(Cl)c2o1)C(C(F)(F)F)C(F)(F)F. The van der Waals surface area contributed by atoms with E-state index in [4.69, 9.17) is 16.0 Å². The van der Waals surface area contributed by atoms with Gasteiger partial charge in [0.15, 0.2) is 11.5 Å². The summed E-state index contributed by atoms with van der Waals surface area (Å²) in [6.07, 6.45) is -14.2. The highest BCUT2D eigenvalue weighted by molar-refractivity contribution is 6.34. The molecule has 0 aliphatic carbocycles. The van der Waals surface area contributed by atoms with Gasteiger partial charge >= 0.3 is 12.4 Å². The van der Waals surface area contributed by atoms with E-state index in [1.165, 1.54) is 18.2 Å². The minimum atomic E-state index is -5.67. The first kappa shape index (κ1) is 16.0. The molecule has 116 valence electrons. The summed E-state index contributed by atoms with van der Waals surface area (Å²) in [5.41, 5.74) is -0.0867. The first-order chi connectivity index (χ1) is 9.51. The monoisotopic (exact) mass is 332 g/mol. The molecule has 0 saturated carbocycles. The van der Waals surface area contributed by atoms with Gasteiger partial charge in [-0.1, -0.05) is 23.7 Å². The maximum absolute atomic E-state index is 12.5. The molecule has 2 nitrogen and oxygen atoms in total. The zero-order chi connectivity index (χ0) is 16.0. The van der Waals surface area contributed by atoms with Gasteiger partial charge in [0.1, 0.15) is 11.9 Å². The van der Waals surface area contributed by atoms with Crippen molar-refractivity contribution in [1.82, 2.24) is 0 Å². The Morgan fingerprint density at radius 3 is 2.10 bits per heavy atom. The molecule has 21 heavy (non-hydrogen) atoms. The van der Waals surface area contributed by atoms with Crippen molar-refractivity contribution in [1.29, 1.82) is 0 Å². The molecule has 0 spiro atoms. The fourth-order valence-corrected chi connectivity index (χ4v) is 2.12. The lowest BCUT2D eigenvalue weighted by Crippen LogP contribution is -2.40. The van der Waals surface area contributed by atoms with E-state index in [-0.39, 0.29) is 16.0 Å². The Morgan fingerprint density at radius 1 is 1.05 bits per heavy atom. The van der Waals surface area contributed by atoms with Gasteiger partial charge in [0.05, 0.1) is 5.02 Å². The highest BCUT2D eigenvalue weighted by Crippen LogP contribution is 2.47. The molecule has 1 heterocycles. The van der Waals surface area contributed by atoms with E-state index >= 15 is 0 Å². The number of para-hydroxylation sites is 1. The molecule has 1 aromatic heterocycles. The number of rotatable bonds is 2. The zero-order valence-electron chi connectivity index (χ0n) is 9.97. The Bertz CT molecular complexity index is 631. The molecule has 1 aromatic carbocycles. The summed E-state index contributed by atoms with van der Waals surface area (Å²) in [4.78, 5) is 0. The highest BCUT2D eigenvalue weighted by Gasteiger charge is 2.61. The van der Waals surface area contributed by atoms with E-state index in [0.29, 0.717) is 0 Å². The Morgan fingerprint density at radius 2 is 1.62 bits per heavy atom. The van der Waals surface area contributed by atoms with Crippen LogP contribution < -0.4 is 0 Å². The normalized spacial score (nSPS) is 14.9. The molecule has 0 fully saturated rings. The summed E-state index contributed by atoms with van der Waals surface area (Å²) in [5, 5.41) is 9.68. The van der Waals surface area contributed by atoms with Gasteiger partial charge in [-0.3, -0.25) is 0 Å². The molecule has 0 aliphatic rings. The van der Waals surface area contributed by atoms with Crippen LogP contribution >= 0.6 is 11.6 Å². The molecule has 9 heteroatoms. The van der Waals surface area contributed by atoms with E-state index < -0.39 is 30.1 Å². The lowest BCUT2D eigenvalue weighted by Gasteiger charge is -2.26. The van der Waals surface area contributed by atoms with Gasteiger partial charge in [-0.15, -0.1) is 0 Å². The summed E-state index contributed by atoms with van der Waals surface area (Å²) in [6.45, 7) is 0. The van der Waals surface area contributed by atoms with Crippen LogP contribution in [0.25, 0.3) is 11.0 Å². The van der Waals surface area contributed by atoms with Crippen LogP contribution in [-0.4, -0.2) is 17.5 Å². The number of furan rings is 1. The molecule has 1 unspecified atom stereocenters. The minimum Gasteiger partial charge on any atom is -0.457 e. The topological polar surface area (TPSA) is 33.4 Å². The van der Waals surface area contributed by atoms with Crippen LogP contribution in [0, 0.1) is 5.92 Å². The Kier molecular flexibility index (Phi) is 3.88. The molecular weight excluding hydrogens is 326 g/mol. The predicted molar refractivity (Wildman–Crippen MR) is 61.8 cm³/mol. The van der Waals surface area contributed by atoms with E-state index in [1.54, 1.807) is 0 Å². The Hall–Kier alpha value is -1.41. The Balaban J connectivity index is 2.49. The quantitative estimate of drug-likeness (QED) is 0.797. The van der Waals surface area contributed by atoms with Crippen molar-refractivity contribution in [2.75, 3.05) is 0 Å². The van der Waals surface area contributed by atoms with Gasteiger partial charge in [-0.05, 0) is 12.1 Å². The standard InChI is InChI=1S/C12H7ClF6O2/c13-6-3-1-2-5-4-7(21-9(5)6)8(20)10(11(14,15)16)12(17,18)19/h1-4,8,10,20H. The lowest BCUT2D eigenvalue weighted by molar-refractivity contribution is -0.309. The summed E-state index contributed by atoms with van der Waals surface area (Å²) in [5.74, 6) is -4.79. The second kappa shape index (κ2) is 5.10. The van der Waals surface area contributed by atoms with Crippen LogP contribution in [0.3, 0.4) is 0 Å². The third kappa shape index (κ3) is 3.11. The number of aliphatic hydroxyl groups is 1. The molecule has 0 aliphatic heterocycles. The van der Waals surface area contributed by atoms with Crippen LogP contribution in [0.1, 0.15) is 11.9 Å². The molecule has 1 atom stereocenters. The average Bonchev–Trinajstić information content (AvgIpc) is 2.70. The van der Waals surface area contributed by atoms with E-state index in [1.807, 2.05) is 0 Å². The van der Waals surface area contributed by atoms with E-state index in [9.17, 15) is 31.4 Å². The van der Waals surface area contributed by atoms with Crippen molar-refractivity contribution >= 4 is 22.6 Å². The molecule has 0 saturated heterocycles. The average molecular weight is 333 g/mol. The van der Waals surface area contributed by atoms with Gasteiger partial charge in [0.2, 0.25) is 0 Å². The number of hydrogen-bond donors (Lipinski definition) is 1. The van der Waals surface area contributed by atoms with Crippen LogP contribution in [-0.2, 0) is 0 Å². The molecule has 2 rings (SSSR count). The van der Waals surface area contributed by atoms with Crippen LogP contribution in [0.4, 0.5) is 26.3 Å². The van der Waals surface area contributed by atoms with Crippen molar-refractivity contribution in [2.45, 2.75) is 18.5 Å². The lowest BCUT2D eigenvalue weighted by atomic mass is 9.99. The van der Waals surface area contributed by atoms with Crippen molar-refractivity contribution in [2.24, 2.45) is 5.92 Å². The largest absolute Gasteiger partial charge is 0.457 e. The second-order valence-electron chi connectivity index (χ2n) is 4.31. The first-order valence-corrected chi connectivity index (χ1v) is 5.89. The maximum atomic E-state index is 12.5. The van der Waals surface area contributed by atoms with Crippen molar-refractivity contribution in [3.8, 4) is 0 Å². The third-order valence-electron chi connectivity index (χ3n) is 2.83. The fourth-order valence-electron chi connectivity index (χ4n) is 1.90. The van der Waals surface area contributed by atoms with Gasteiger partial charge < -0.3 is 9.52 Å². The van der Waals surface area contributed by atoms with E-state index in [2.05, 4.69) is 0 Å². The van der Waals surface area contributed by atoms with Crippen LogP contribution in [0.5, 0.6) is 0 Å². The number of hydrogen-bond acceptors (Lipinski definition) is 2. The van der Waals surface area contributed by atoms with Gasteiger partial charge in [-0.2, -0.15) is 26.3 Å². The summed E-state index contributed by atoms with van der Waals surface area (Å²) in [6, 6.07) is 5.09. The van der Waals surface area contributed by atoms with Crippen molar-refractivity contribution in [3.63, 3.8) is 0 Å². The van der Waals surface area contributed by atoms with E-state index in [0.717, 1.165) is 6.07 Å². The van der Waals surface area contributed by atoms with Crippen LogP contribution in [0.2, 0.25) is 5.02 Å². The van der Waals surface area contributed by atoms with Gasteiger partial charge in [-0.25, -0.2) is 0 Å². The number of aliphatic hydroxyl groups excluding tert-OH is 1. The van der Waals surface area contributed by atoms with Crippen LogP contribution in [0.15, 0.2) is 28.7 Å². The molecule has 1 N–H and O–H groups in total. The zero-order valence-corrected chi connectivity index (χ0v) is 10.7. The molecular formula is C12H7ClF6O2. The molecule has 0 amide bonds. The highest BCUT2D eigenvalue weighted by atomic mass is 35.5. The van der Waals surface area contributed by atoms with Crippen molar-refractivity contribution < 1.29 is 35.9 Å². The molecule has 0 radical (unpaired) electrons. The van der Waals surface area contributed by atoms with Crippen molar-refractivity contribution in [3.05, 3.63) is 35.0 Å². The van der Waals surface area contributed by atoms with Gasteiger partial charge in [0, 0.05) is 5.39 Å². The third-order valence-corrected chi connectivity index (χ3v) is 3.13. The fraction of sp³-hybridized carbons (Fsp3) is 0.333. The summed E-state index contributed by atoms with van der Waals surface area (Å²) < 4.78 is 80.1. The summed E-state index contributed by atoms with van der Waals surface area (Å²) >= 11 is 5.71. The minimum absolute atomic E-state index is 0.0153. The molecule has 2 aromatic rings.